The molecule has 8 heteroatoms. The molecule has 2 saturated heterocycles. The Morgan fingerprint density at radius 1 is 1.21 bits per heavy atom. The minimum Gasteiger partial charge on any atom is -0.341 e. The second kappa shape index (κ2) is 7.06. The second-order valence-electron chi connectivity index (χ2n) is 6.48. The first kappa shape index (κ1) is 17.2. The van der Waals surface area contributed by atoms with Crippen molar-refractivity contribution in [2.45, 2.75) is 24.2 Å². The molecule has 1 N–H and O–H groups in total. The second-order valence-corrected chi connectivity index (χ2v) is 8.42. The Morgan fingerprint density at radius 3 is 2.54 bits per heavy atom. The standard InChI is InChI=1S/C16H24N4O3S/c1-17-16(21)19-8-4-13(5-9-19)14-6-10-20(12-14)24(22,23)15-3-2-7-18-11-15/h2-3,7,11,13-14H,4-6,8-10,12H2,1H3,(H,17,21). The fourth-order valence-electron chi connectivity index (χ4n) is 3.74. The largest absolute Gasteiger partial charge is 0.341 e. The van der Waals surface area contributed by atoms with E-state index in [4.69, 9.17) is 0 Å². The highest BCUT2D eigenvalue weighted by Gasteiger charge is 2.37. The molecule has 2 aliphatic heterocycles. The van der Waals surface area contributed by atoms with Crippen LogP contribution in [0.1, 0.15) is 19.3 Å². The van der Waals surface area contributed by atoms with E-state index in [0.29, 0.717) is 24.9 Å². The summed E-state index contributed by atoms with van der Waals surface area (Å²) in [7, 11) is -1.80. The summed E-state index contributed by atoms with van der Waals surface area (Å²) in [5.74, 6) is 0.864. The zero-order valence-electron chi connectivity index (χ0n) is 13.9. The van der Waals surface area contributed by atoms with Crippen LogP contribution < -0.4 is 5.32 Å². The minimum atomic E-state index is -3.44. The molecule has 0 saturated carbocycles. The van der Waals surface area contributed by atoms with Crippen LogP contribution in [0.15, 0.2) is 29.4 Å². The van der Waals surface area contributed by atoms with Gasteiger partial charge >= 0.3 is 6.03 Å². The highest BCUT2D eigenvalue weighted by atomic mass is 32.2. The molecule has 2 fully saturated rings. The number of carbonyl (C=O) groups is 1. The number of aromatic nitrogens is 1. The molecule has 1 atom stereocenters. The van der Waals surface area contributed by atoms with Crippen LogP contribution in [0.5, 0.6) is 0 Å². The van der Waals surface area contributed by atoms with Gasteiger partial charge in [0.05, 0.1) is 0 Å². The van der Waals surface area contributed by atoms with Crippen LogP contribution in [0.2, 0.25) is 0 Å². The Balaban J connectivity index is 1.59. The monoisotopic (exact) mass is 352 g/mol. The Hall–Kier alpha value is -1.67. The van der Waals surface area contributed by atoms with Crippen molar-refractivity contribution in [3.63, 3.8) is 0 Å². The summed E-state index contributed by atoms with van der Waals surface area (Å²) in [6.45, 7) is 2.63. The summed E-state index contributed by atoms with van der Waals surface area (Å²) in [4.78, 5) is 17.7. The summed E-state index contributed by atoms with van der Waals surface area (Å²) in [6.07, 6.45) is 5.76. The number of hydrogen-bond acceptors (Lipinski definition) is 4. The van der Waals surface area contributed by atoms with Crippen molar-refractivity contribution < 1.29 is 13.2 Å². The highest BCUT2D eigenvalue weighted by Crippen LogP contribution is 2.34. The van der Waals surface area contributed by atoms with Gasteiger partial charge in [0.15, 0.2) is 0 Å². The molecule has 0 aliphatic carbocycles. The van der Waals surface area contributed by atoms with Gasteiger partial charge < -0.3 is 10.2 Å². The predicted octanol–water partition coefficient (Wildman–Crippen LogP) is 1.14. The summed E-state index contributed by atoms with van der Waals surface area (Å²) in [5.41, 5.74) is 0. The number of urea groups is 1. The molecule has 2 amide bonds. The summed E-state index contributed by atoms with van der Waals surface area (Å²) in [6, 6.07) is 3.22. The zero-order chi connectivity index (χ0) is 17.2. The van der Waals surface area contributed by atoms with Gasteiger partial charge in [-0.3, -0.25) is 4.98 Å². The molecule has 0 aromatic carbocycles. The number of likely N-dealkylation sites (tertiary alicyclic amines) is 1. The molecule has 0 radical (unpaired) electrons. The van der Waals surface area contributed by atoms with Crippen LogP contribution in [0.4, 0.5) is 4.79 Å². The highest BCUT2D eigenvalue weighted by molar-refractivity contribution is 7.89. The van der Waals surface area contributed by atoms with Crippen molar-refractivity contribution in [1.82, 2.24) is 19.5 Å². The Morgan fingerprint density at radius 2 is 1.92 bits per heavy atom. The molecular formula is C16H24N4O3S. The van der Waals surface area contributed by atoms with E-state index in [1.807, 2.05) is 4.90 Å². The summed E-state index contributed by atoms with van der Waals surface area (Å²) in [5, 5.41) is 2.66. The van der Waals surface area contributed by atoms with Gasteiger partial charge in [-0.05, 0) is 43.2 Å². The van der Waals surface area contributed by atoms with Gasteiger partial charge in [0.25, 0.3) is 0 Å². The number of pyridine rings is 1. The Kier molecular flexibility index (Phi) is 5.05. The van der Waals surface area contributed by atoms with Gasteiger partial charge in [0.1, 0.15) is 4.90 Å². The van der Waals surface area contributed by atoms with Gasteiger partial charge in [-0.1, -0.05) is 0 Å². The molecule has 24 heavy (non-hydrogen) atoms. The third-order valence-corrected chi connectivity index (χ3v) is 7.02. The van der Waals surface area contributed by atoms with Gasteiger partial charge in [0, 0.05) is 45.6 Å². The summed E-state index contributed by atoms with van der Waals surface area (Å²) >= 11 is 0. The fraction of sp³-hybridized carbons (Fsp3) is 0.625. The number of rotatable bonds is 3. The lowest BCUT2D eigenvalue weighted by molar-refractivity contribution is 0.153. The maximum absolute atomic E-state index is 12.7. The normalized spacial score (nSPS) is 23.4. The van der Waals surface area contributed by atoms with E-state index in [1.165, 1.54) is 6.20 Å². The zero-order valence-corrected chi connectivity index (χ0v) is 14.7. The van der Waals surface area contributed by atoms with E-state index >= 15 is 0 Å². The first-order valence-electron chi connectivity index (χ1n) is 8.39. The molecule has 132 valence electrons. The first-order valence-corrected chi connectivity index (χ1v) is 9.83. The van der Waals surface area contributed by atoms with E-state index in [2.05, 4.69) is 10.3 Å². The number of sulfonamides is 1. The lowest BCUT2D eigenvalue weighted by atomic mass is 9.84. The average Bonchev–Trinajstić information content (AvgIpc) is 3.13. The average molecular weight is 352 g/mol. The number of nitrogens with zero attached hydrogens (tertiary/aromatic N) is 3. The van der Waals surface area contributed by atoms with Crippen LogP contribution in [-0.4, -0.2) is 61.9 Å². The van der Waals surface area contributed by atoms with Crippen LogP contribution in [0.25, 0.3) is 0 Å². The van der Waals surface area contributed by atoms with Crippen molar-refractivity contribution in [2.24, 2.45) is 11.8 Å². The Labute approximate surface area is 143 Å². The SMILES string of the molecule is CNC(=O)N1CCC(C2CCN(S(=O)(=O)c3cccnc3)C2)CC1. The molecular weight excluding hydrogens is 328 g/mol. The maximum Gasteiger partial charge on any atom is 0.317 e. The molecule has 3 heterocycles. The third-order valence-electron chi connectivity index (χ3n) is 5.17. The fourth-order valence-corrected chi connectivity index (χ4v) is 5.21. The van der Waals surface area contributed by atoms with E-state index < -0.39 is 10.0 Å². The molecule has 7 nitrogen and oxygen atoms in total. The van der Waals surface area contributed by atoms with Crippen LogP contribution in [-0.2, 0) is 10.0 Å². The van der Waals surface area contributed by atoms with Crippen molar-refractivity contribution >= 4 is 16.1 Å². The van der Waals surface area contributed by atoms with Crippen molar-refractivity contribution in [3.05, 3.63) is 24.5 Å². The molecule has 1 unspecified atom stereocenters. The minimum absolute atomic E-state index is 0.0272. The van der Waals surface area contributed by atoms with Crippen molar-refractivity contribution in [2.75, 3.05) is 33.2 Å². The summed E-state index contributed by atoms with van der Waals surface area (Å²) < 4.78 is 26.9. The van der Waals surface area contributed by atoms with Crippen LogP contribution >= 0.6 is 0 Å². The van der Waals surface area contributed by atoms with Crippen LogP contribution in [0, 0.1) is 11.8 Å². The molecule has 1 aromatic heterocycles. The predicted molar refractivity (Wildman–Crippen MR) is 89.9 cm³/mol. The van der Waals surface area contributed by atoms with Crippen LogP contribution in [0.3, 0.4) is 0 Å². The first-order chi connectivity index (χ1) is 11.5. The van der Waals surface area contributed by atoms with E-state index in [-0.39, 0.29) is 10.9 Å². The topological polar surface area (TPSA) is 82.6 Å². The molecule has 3 rings (SSSR count). The van der Waals surface area contributed by atoms with E-state index in [9.17, 15) is 13.2 Å². The molecule has 0 spiro atoms. The third kappa shape index (κ3) is 3.39. The molecule has 1 aromatic rings. The lowest BCUT2D eigenvalue weighted by Crippen LogP contribution is -2.44. The van der Waals surface area contributed by atoms with Crippen molar-refractivity contribution in [3.8, 4) is 0 Å². The maximum atomic E-state index is 12.7. The Bertz CT molecular complexity index is 672. The number of carbonyl (C=O) groups excluding carboxylic acids is 1. The van der Waals surface area contributed by atoms with Gasteiger partial charge in [-0.2, -0.15) is 4.31 Å². The van der Waals surface area contributed by atoms with Gasteiger partial charge in [-0.15, -0.1) is 0 Å². The van der Waals surface area contributed by atoms with E-state index in [1.54, 1.807) is 29.7 Å². The molecule has 2 aliphatic rings. The molecule has 0 bridgehead atoms. The quantitative estimate of drug-likeness (QED) is 0.884. The lowest BCUT2D eigenvalue weighted by Gasteiger charge is -2.34. The number of hydrogen-bond donors (Lipinski definition) is 1. The number of nitrogens with one attached hydrogen (secondary N) is 1. The van der Waals surface area contributed by atoms with Gasteiger partial charge in [-0.25, -0.2) is 13.2 Å². The smallest absolute Gasteiger partial charge is 0.317 e. The van der Waals surface area contributed by atoms with Gasteiger partial charge in [0.2, 0.25) is 10.0 Å². The number of piperidine rings is 1. The van der Waals surface area contributed by atoms with E-state index in [0.717, 1.165) is 32.4 Å². The van der Waals surface area contributed by atoms with Crippen molar-refractivity contribution in [1.29, 1.82) is 0 Å². The number of amides is 2.